The Morgan fingerprint density at radius 2 is 1.56 bits per heavy atom. The van der Waals surface area contributed by atoms with Gasteiger partial charge < -0.3 is 39.4 Å². The van der Waals surface area contributed by atoms with E-state index in [9.17, 15) is 14.7 Å². The van der Waals surface area contributed by atoms with Crippen LogP contribution in [0.25, 0.3) is 0 Å². The molecule has 1 aromatic carbocycles. The minimum Gasteiger partial charge on any atom is -0.504 e. The monoisotopic (exact) mass is 484 g/mol. The highest BCUT2D eigenvalue weighted by molar-refractivity contribution is 5.86. The van der Waals surface area contributed by atoms with Crippen LogP contribution in [0.1, 0.15) is 54.0 Å². The second-order valence-corrected chi connectivity index (χ2v) is 9.74. The quantitative estimate of drug-likeness (QED) is 0.463. The molecular formula is C24H40N2O8. The molecule has 0 saturated carbocycles. The van der Waals surface area contributed by atoms with Crippen molar-refractivity contribution in [2.75, 3.05) is 27.9 Å². The summed E-state index contributed by atoms with van der Waals surface area (Å²) in [5.41, 5.74) is -0.850. The first-order chi connectivity index (χ1) is 15.6. The number of hydrogen-bond donors (Lipinski definition) is 3. The van der Waals surface area contributed by atoms with E-state index in [0.717, 1.165) is 0 Å². The Hall–Kier alpha value is -2.88. The zero-order valence-corrected chi connectivity index (χ0v) is 22.0. The minimum absolute atomic E-state index is 0.109. The van der Waals surface area contributed by atoms with Crippen LogP contribution in [-0.2, 0) is 20.7 Å². The summed E-state index contributed by atoms with van der Waals surface area (Å²) < 4.78 is 27.1. The Bertz CT molecular complexity index is 843. The van der Waals surface area contributed by atoms with Gasteiger partial charge in [-0.15, -0.1) is 0 Å². The first-order valence-corrected chi connectivity index (χ1v) is 11.1. The first-order valence-electron chi connectivity index (χ1n) is 11.1. The molecule has 10 heteroatoms. The summed E-state index contributed by atoms with van der Waals surface area (Å²) in [6.45, 7) is 12.6. The molecule has 0 bridgehead atoms. The van der Waals surface area contributed by atoms with E-state index in [2.05, 4.69) is 10.6 Å². The Kier molecular flexibility index (Phi) is 10.3. The Morgan fingerprint density at radius 1 is 0.971 bits per heavy atom. The van der Waals surface area contributed by atoms with Gasteiger partial charge in [-0.25, -0.2) is 4.79 Å². The molecule has 10 nitrogen and oxygen atoms in total. The number of alkyl carbamates (subject to hydrolysis) is 1. The zero-order valence-electron chi connectivity index (χ0n) is 22.0. The normalized spacial score (nSPS) is 13.5. The topological polar surface area (TPSA) is 125 Å². The number of amides is 2. The maximum absolute atomic E-state index is 13.0. The molecule has 0 aliphatic rings. The van der Waals surface area contributed by atoms with Crippen molar-refractivity contribution in [3.05, 3.63) is 11.6 Å². The van der Waals surface area contributed by atoms with E-state index in [4.69, 9.17) is 23.7 Å². The summed E-state index contributed by atoms with van der Waals surface area (Å²) >= 11 is 0. The zero-order chi connectivity index (χ0) is 26.3. The number of nitrogens with one attached hydrogen (secondary N) is 2. The molecule has 0 unspecified atom stereocenters. The lowest BCUT2D eigenvalue weighted by atomic mass is 10.1. The van der Waals surface area contributed by atoms with Gasteiger partial charge in [-0.1, -0.05) is 0 Å². The van der Waals surface area contributed by atoms with Crippen molar-refractivity contribution in [3.8, 4) is 23.0 Å². The van der Waals surface area contributed by atoms with Crippen molar-refractivity contribution >= 4 is 12.0 Å². The van der Waals surface area contributed by atoms with E-state index in [-0.39, 0.29) is 24.5 Å². The molecule has 2 atom stereocenters. The third kappa shape index (κ3) is 8.81. The molecule has 0 fully saturated rings. The lowest BCUT2D eigenvalue weighted by Crippen LogP contribution is -2.55. The van der Waals surface area contributed by atoms with E-state index in [0.29, 0.717) is 17.1 Å². The van der Waals surface area contributed by atoms with Crippen molar-refractivity contribution < 1.29 is 38.4 Å². The summed E-state index contributed by atoms with van der Waals surface area (Å²) in [5.74, 6) is 0.367. The molecule has 0 heterocycles. The molecule has 1 rings (SSSR count). The van der Waals surface area contributed by atoms with Crippen LogP contribution in [0, 0.1) is 0 Å². The van der Waals surface area contributed by atoms with E-state index in [1.165, 1.54) is 27.4 Å². The number of carbonyl (C=O) groups excluding carboxylic acids is 2. The average molecular weight is 485 g/mol. The van der Waals surface area contributed by atoms with Gasteiger partial charge in [-0.05, 0) is 54.9 Å². The van der Waals surface area contributed by atoms with E-state index in [1.807, 2.05) is 20.8 Å². The molecule has 0 aliphatic carbocycles. The molecule has 34 heavy (non-hydrogen) atoms. The Morgan fingerprint density at radius 3 is 2.03 bits per heavy atom. The van der Waals surface area contributed by atoms with Gasteiger partial charge in [0.1, 0.15) is 11.6 Å². The predicted molar refractivity (Wildman–Crippen MR) is 128 cm³/mol. The number of phenols is 1. The van der Waals surface area contributed by atoms with Crippen LogP contribution in [0.4, 0.5) is 4.79 Å². The second kappa shape index (κ2) is 12.0. The van der Waals surface area contributed by atoms with Crippen LogP contribution in [0.5, 0.6) is 23.0 Å². The number of methoxy groups -OCH3 is 3. The highest BCUT2D eigenvalue weighted by Crippen LogP contribution is 2.43. The number of benzene rings is 1. The lowest BCUT2D eigenvalue weighted by molar-refractivity contribution is -0.131. The largest absolute Gasteiger partial charge is 0.504 e. The number of carbonyl (C=O) groups is 2. The molecule has 2 amide bonds. The molecular weight excluding hydrogens is 444 g/mol. The van der Waals surface area contributed by atoms with Crippen molar-refractivity contribution in [2.24, 2.45) is 0 Å². The molecule has 0 radical (unpaired) electrons. The molecule has 0 saturated heterocycles. The number of aromatic hydroxyl groups is 1. The van der Waals surface area contributed by atoms with E-state index >= 15 is 0 Å². The standard InChI is InChI=1S/C24H40N2O8/c1-14(33-23(2,3)4)18(26-22(29)34-24(5,6)7)21(28)25-12-11-15-19(27)16(30-8)13-17(31-9)20(15)32-10/h13-14,18,27H,11-12H2,1-10H3,(H,25,28)(H,26,29)/t14-,18+/m1/s1. The number of phenolic OH excluding ortho intramolecular Hbond substituents is 1. The van der Waals surface area contributed by atoms with Gasteiger partial charge in [-0.2, -0.15) is 0 Å². The van der Waals surface area contributed by atoms with Gasteiger partial charge in [0.15, 0.2) is 23.0 Å². The van der Waals surface area contributed by atoms with Crippen LogP contribution in [-0.4, -0.2) is 68.3 Å². The maximum Gasteiger partial charge on any atom is 0.408 e. The fraction of sp³-hybridized carbons (Fsp3) is 0.667. The summed E-state index contributed by atoms with van der Waals surface area (Å²) in [6.07, 6.45) is -1.16. The van der Waals surface area contributed by atoms with E-state index in [1.54, 1.807) is 27.7 Å². The highest BCUT2D eigenvalue weighted by Gasteiger charge is 2.32. The summed E-state index contributed by atoms with van der Waals surface area (Å²) in [4.78, 5) is 25.4. The molecule has 3 N–H and O–H groups in total. The minimum atomic E-state index is -1.01. The van der Waals surface area contributed by atoms with Gasteiger partial charge in [-0.3, -0.25) is 4.79 Å². The van der Waals surface area contributed by atoms with E-state index < -0.39 is 35.3 Å². The average Bonchev–Trinajstić information content (AvgIpc) is 2.69. The van der Waals surface area contributed by atoms with Gasteiger partial charge in [0.25, 0.3) is 0 Å². The lowest BCUT2D eigenvalue weighted by Gasteiger charge is -2.31. The third-order valence-corrected chi connectivity index (χ3v) is 4.56. The number of rotatable bonds is 10. The fourth-order valence-electron chi connectivity index (χ4n) is 3.30. The summed E-state index contributed by atoms with van der Waals surface area (Å²) in [6, 6.07) is 0.507. The van der Waals surface area contributed by atoms with Crippen LogP contribution in [0.3, 0.4) is 0 Å². The van der Waals surface area contributed by atoms with Gasteiger partial charge in [0, 0.05) is 18.2 Å². The predicted octanol–water partition coefficient (Wildman–Crippen LogP) is 3.17. The van der Waals surface area contributed by atoms with Crippen LogP contribution in [0.15, 0.2) is 6.07 Å². The van der Waals surface area contributed by atoms with Gasteiger partial charge in [0.05, 0.1) is 33.0 Å². The van der Waals surface area contributed by atoms with Gasteiger partial charge >= 0.3 is 6.09 Å². The number of ether oxygens (including phenoxy) is 5. The van der Waals surface area contributed by atoms with Crippen LogP contribution in [0.2, 0.25) is 0 Å². The molecule has 1 aromatic rings. The van der Waals surface area contributed by atoms with Gasteiger partial charge in [0.2, 0.25) is 5.91 Å². The van der Waals surface area contributed by atoms with Crippen molar-refractivity contribution in [3.63, 3.8) is 0 Å². The van der Waals surface area contributed by atoms with Crippen molar-refractivity contribution in [1.82, 2.24) is 10.6 Å². The molecule has 194 valence electrons. The first kappa shape index (κ1) is 29.2. The Labute approximate surface area is 202 Å². The van der Waals surface area contributed by atoms with Crippen LogP contribution < -0.4 is 24.8 Å². The maximum atomic E-state index is 13.0. The molecule has 0 aliphatic heterocycles. The Balaban J connectivity index is 3.04. The highest BCUT2D eigenvalue weighted by atomic mass is 16.6. The fourth-order valence-corrected chi connectivity index (χ4v) is 3.30. The SMILES string of the molecule is COc1cc(OC)c(OC)c(CCNC(=O)[C@@H](NC(=O)OC(C)(C)C)[C@@H](C)OC(C)(C)C)c1O. The van der Waals surface area contributed by atoms with Crippen molar-refractivity contribution in [1.29, 1.82) is 0 Å². The smallest absolute Gasteiger partial charge is 0.408 e. The second-order valence-electron chi connectivity index (χ2n) is 9.74. The number of hydrogen-bond acceptors (Lipinski definition) is 8. The molecule has 0 spiro atoms. The summed E-state index contributed by atoms with van der Waals surface area (Å²) in [7, 11) is 4.36. The third-order valence-electron chi connectivity index (χ3n) is 4.56. The van der Waals surface area contributed by atoms with Crippen molar-refractivity contribution in [2.45, 2.75) is 78.2 Å². The van der Waals surface area contributed by atoms with Crippen LogP contribution >= 0.6 is 0 Å². The molecule has 0 aromatic heterocycles. The summed E-state index contributed by atoms with van der Waals surface area (Å²) in [5, 5.41) is 16.0.